The molecular weight excluding hydrogens is 368 g/mol. The Kier molecular flexibility index (Phi) is 5.53. The van der Waals surface area contributed by atoms with E-state index < -0.39 is 0 Å². The molecule has 1 N–H and O–H groups in total. The van der Waals surface area contributed by atoms with Crippen molar-refractivity contribution in [3.8, 4) is 5.75 Å². The molecule has 0 bridgehead atoms. The molecule has 2 aromatic carbocycles. The first-order chi connectivity index (χ1) is 14.0. The van der Waals surface area contributed by atoms with Crippen LogP contribution in [0, 0.1) is 6.92 Å². The molecule has 6 nitrogen and oxygen atoms in total. The minimum absolute atomic E-state index is 0.0882. The first-order valence-corrected chi connectivity index (χ1v) is 10.0. The van der Waals surface area contributed by atoms with Crippen molar-refractivity contribution in [2.24, 2.45) is 0 Å². The number of rotatable bonds is 5. The van der Waals surface area contributed by atoms with E-state index in [0.717, 1.165) is 48.8 Å². The SMILES string of the molecule is Cc1ccc(OCC(=O)Nc2ccc(N3CCOCC3)cc2)c2c1C(C)CC2=O. The molecule has 0 aromatic heterocycles. The summed E-state index contributed by atoms with van der Waals surface area (Å²) in [6.07, 6.45) is 0.498. The lowest BCUT2D eigenvalue weighted by Gasteiger charge is -2.28. The molecule has 0 radical (unpaired) electrons. The highest BCUT2D eigenvalue weighted by Gasteiger charge is 2.31. The van der Waals surface area contributed by atoms with Crippen LogP contribution in [0.3, 0.4) is 0 Å². The molecule has 6 heteroatoms. The molecule has 1 unspecified atom stereocenters. The summed E-state index contributed by atoms with van der Waals surface area (Å²) in [4.78, 5) is 27.0. The molecule has 1 heterocycles. The molecule has 1 aliphatic carbocycles. The van der Waals surface area contributed by atoms with Gasteiger partial charge in [0.05, 0.1) is 18.8 Å². The van der Waals surface area contributed by atoms with Crippen molar-refractivity contribution in [3.63, 3.8) is 0 Å². The van der Waals surface area contributed by atoms with Crippen LogP contribution >= 0.6 is 0 Å². The third-order valence-corrected chi connectivity index (χ3v) is 5.57. The number of fused-ring (bicyclic) bond motifs is 1. The topological polar surface area (TPSA) is 67.9 Å². The minimum Gasteiger partial charge on any atom is -0.483 e. The van der Waals surface area contributed by atoms with Crippen LogP contribution in [0.2, 0.25) is 0 Å². The van der Waals surface area contributed by atoms with Crippen LogP contribution in [0.1, 0.15) is 40.7 Å². The fourth-order valence-electron chi connectivity index (χ4n) is 4.15. The molecule has 2 aromatic rings. The first-order valence-electron chi connectivity index (χ1n) is 10.0. The van der Waals surface area contributed by atoms with E-state index in [0.29, 0.717) is 17.7 Å². The molecule has 152 valence electrons. The van der Waals surface area contributed by atoms with Crippen LogP contribution in [0.5, 0.6) is 5.75 Å². The van der Waals surface area contributed by atoms with Crippen LogP contribution in [0.4, 0.5) is 11.4 Å². The van der Waals surface area contributed by atoms with Crippen molar-refractivity contribution in [1.82, 2.24) is 0 Å². The van der Waals surface area contributed by atoms with E-state index >= 15 is 0 Å². The maximum Gasteiger partial charge on any atom is 0.262 e. The van der Waals surface area contributed by atoms with Crippen LogP contribution in [0.25, 0.3) is 0 Å². The molecule has 1 saturated heterocycles. The second kappa shape index (κ2) is 8.25. The van der Waals surface area contributed by atoms with Gasteiger partial charge in [-0.3, -0.25) is 9.59 Å². The predicted molar refractivity (Wildman–Crippen MR) is 112 cm³/mol. The normalized spacial score (nSPS) is 18.5. The summed E-state index contributed by atoms with van der Waals surface area (Å²) in [5.74, 6) is 0.528. The van der Waals surface area contributed by atoms with Gasteiger partial charge >= 0.3 is 0 Å². The highest BCUT2D eigenvalue weighted by atomic mass is 16.5. The Morgan fingerprint density at radius 2 is 1.90 bits per heavy atom. The van der Waals surface area contributed by atoms with Gasteiger partial charge in [-0.25, -0.2) is 0 Å². The van der Waals surface area contributed by atoms with E-state index in [1.54, 1.807) is 6.07 Å². The zero-order valence-corrected chi connectivity index (χ0v) is 16.9. The van der Waals surface area contributed by atoms with Gasteiger partial charge < -0.3 is 19.7 Å². The van der Waals surface area contributed by atoms with Crippen molar-refractivity contribution in [3.05, 3.63) is 53.1 Å². The number of amides is 1. The molecular formula is C23H26N2O4. The lowest BCUT2D eigenvalue weighted by molar-refractivity contribution is -0.118. The third-order valence-electron chi connectivity index (χ3n) is 5.57. The summed E-state index contributed by atoms with van der Waals surface area (Å²) in [5, 5.41) is 2.85. The van der Waals surface area contributed by atoms with Gasteiger partial charge in [0.1, 0.15) is 5.75 Å². The number of Topliss-reactive ketones (excluding diaryl/α,β-unsaturated/α-hetero) is 1. The monoisotopic (exact) mass is 394 g/mol. The molecule has 0 saturated carbocycles. The van der Waals surface area contributed by atoms with Crippen molar-refractivity contribution < 1.29 is 19.1 Å². The Bertz CT molecular complexity index is 917. The highest BCUT2D eigenvalue weighted by molar-refractivity contribution is 6.04. The van der Waals surface area contributed by atoms with Crippen LogP contribution in [-0.4, -0.2) is 44.6 Å². The number of hydrogen-bond donors (Lipinski definition) is 1. The number of benzene rings is 2. The number of ether oxygens (including phenoxy) is 2. The molecule has 1 aliphatic heterocycles. The average Bonchev–Trinajstić information content (AvgIpc) is 3.04. The number of carbonyl (C=O) groups excluding carboxylic acids is 2. The molecule has 1 fully saturated rings. The smallest absolute Gasteiger partial charge is 0.262 e. The second-order valence-electron chi connectivity index (χ2n) is 7.68. The Morgan fingerprint density at radius 1 is 1.17 bits per heavy atom. The van der Waals surface area contributed by atoms with E-state index in [-0.39, 0.29) is 24.2 Å². The number of ketones is 1. The van der Waals surface area contributed by atoms with Gasteiger partial charge in [0.2, 0.25) is 0 Å². The zero-order chi connectivity index (χ0) is 20.4. The number of aryl methyl sites for hydroxylation is 1. The van der Waals surface area contributed by atoms with Crippen LogP contribution in [0.15, 0.2) is 36.4 Å². The summed E-state index contributed by atoms with van der Waals surface area (Å²) >= 11 is 0. The molecule has 1 amide bonds. The van der Waals surface area contributed by atoms with Crippen molar-refractivity contribution >= 4 is 23.1 Å². The average molecular weight is 394 g/mol. The number of morpholine rings is 1. The Labute approximate surface area is 170 Å². The fraction of sp³-hybridized carbons (Fsp3) is 0.391. The van der Waals surface area contributed by atoms with Crippen LogP contribution in [-0.2, 0) is 9.53 Å². The van der Waals surface area contributed by atoms with E-state index in [1.807, 2.05) is 44.2 Å². The summed E-state index contributed by atoms with van der Waals surface area (Å²) < 4.78 is 11.1. The lowest BCUT2D eigenvalue weighted by atomic mass is 9.97. The van der Waals surface area contributed by atoms with Gasteiger partial charge in [0, 0.05) is 30.9 Å². The summed E-state index contributed by atoms with van der Waals surface area (Å²) in [6, 6.07) is 11.5. The van der Waals surface area contributed by atoms with Gasteiger partial charge in [0.15, 0.2) is 12.4 Å². The Morgan fingerprint density at radius 3 is 2.62 bits per heavy atom. The number of hydrogen-bond acceptors (Lipinski definition) is 5. The summed E-state index contributed by atoms with van der Waals surface area (Å²) in [7, 11) is 0. The zero-order valence-electron chi connectivity index (χ0n) is 16.9. The van der Waals surface area contributed by atoms with E-state index in [4.69, 9.17) is 9.47 Å². The van der Waals surface area contributed by atoms with E-state index in [9.17, 15) is 9.59 Å². The van der Waals surface area contributed by atoms with Crippen molar-refractivity contribution in [2.75, 3.05) is 43.1 Å². The van der Waals surface area contributed by atoms with Gasteiger partial charge in [-0.15, -0.1) is 0 Å². The number of carbonyl (C=O) groups is 2. The quantitative estimate of drug-likeness (QED) is 0.840. The second-order valence-corrected chi connectivity index (χ2v) is 7.68. The van der Waals surface area contributed by atoms with Crippen molar-refractivity contribution in [2.45, 2.75) is 26.2 Å². The summed E-state index contributed by atoms with van der Waals surface area (Å²) in [6.45, 7) is 7.14. The molecule has 29 heavy (non-hydrogen) atoms. The van der Waals surface area contributed by atoms with Crippen molar-refractivity contribution in [1.29, 1.82) is 0 Å². The maximum atomic E-state index is 12.4. The highest BCUT2D eigenvalue weighted by Crippen LogP contribution is 2.40. The largest absolute Gasteiger partial charge is 0.483 e. The molecule has 2 aliphatic rings. The standard InChI is InChI=1S/C23H26N2O4/c1-15-3-8-20(23-19(26)13-16(2)22(15)23)29-14-21(27)24-17-4-6-18(7-5-17)25-9-11-28-12-10-25/h3-8,16H,9-14H2,1-2H3,(H,24,27). The van der Waals surface area contributed by atoms with Gasteiger partial charge in [0.25, 0.3) is 5.91 Å². The van der Waals surface area contributed by atoms with Crippen LogP contribution < -0.4 is 15.0 Å². The molecule has 0 spiro atoms. The molecule has 1 atom stereocenters. The Balaban J connectivity index is 1.37. The number of nitrogens with one attached hydrogen (secondary N) is 1. The minimum atomic E-state index is -0.253. The number of nitrogens with zero attached hydrogens (tertiary/aromatic N) is 1. The van der Waals surface area contributed by atoms with Gasteiger partial charge in [-0.1, -0.05) is 13.0 Å². The predicted octanol–water partition coefficient (Wildman–Crippen LogP) is 3.54. The third kappa shape index (κ3) is 4.12. The Hall–Kier alpha value is -2.86. The van der Waals surface area contributed by atoms with Gasteiger partial charge in [-0.05, 0) is 54.3 Å². The fourth-order valence-corrected chi connectivity index (χ4v) is 4.15. The maximum absolute atomic E-state index is 12.4. The lowest BCUT2D eigenvalue weighted by Crippen LogP contribution is -2.36. The van der Waals surface area contributed by atoms with E-state index in [2.05, 4.69) is 10.2 Å². The van der Waals surface area contributed by atoms with Gasteiger partial charge in [-0.2, -0.15) is 0 Å². The number of anilines is 2. The summed E-state index contributed by atoms with van der Waals surface area (Å²) in [5.41, 5.74) is 4.61. The molecule has 4 rings (SSSR count). The van der Waals surface area contributed by atoms with E-state index in [1.165, 1.54) is 0 Å². The first kappa shape index (κ1) is 19.5.